The summed E-state index contributed by atoms with van der Waals surface area (Å²) in [6.07, 6.45) is 7.52. The molecule has 2 aromatic heterocycles. The molecular formula is C34H34N6O. The number of aromatic nitrogens is 3. The van der Waals surface area contributed by atoms with E-state index in [0.29, 0.717) is 6.54 Å². The Bertz CT molecular complexity index is 1620. The average Bonchev–Trinajstić information content (AvgIpc) is 3.31. The van der Waals surface area contributed by atoms with E-state index in [2.05, 4.69) is 68.6 Å². The zero-order chi connectivity index (χ0) is 27.6. The number of aryl methyl sites for hydroxylation is 2. The van der Waals surface area contributed by atoms with Gasteiger partial charge in [0.2, 0.25) is 0 Å². The molecule has 7 nitrogen and oxygen atoms in total. The second-order valence-corrected chi connectivity index (χ2v) is 11.0. The highest BCUT2D eigenvalue weighted by atomic mass is 16.1. The summed E-state index contributed by atoms with van der Waals surface area (Å²) in [4.78, 5) is 27.1. The summed E-state index contributed by atoms with van der Waals surface area (Å²) >= 11 is 0. The third-order valence-corrected chi connectivity index (χ3v) is 8.47. The Labute approximate surface area is 240 Å². The van der Waals surface area contributed by atoms with Crippen LogP contribution in [0.5, 0.6) is 0 Å². The predicted octanol–water partition coefficient (Wildman–Crippen LogP) is 4.88. The number of benzene rings is 3. The van der Waals surface area contributed by atoms with Crippen molar-refractivity contribution in [1.82, 2.24) is 24.2 Å². The minimum absolute atomic E-state index is 0.173. The zero-order valence-corrected chi connectivity index (χ0v) is 23.1. The minimum atomic E-state index is 0.173. The number of imidazole rings is 1. The van der Waals surface area contributed by atoms with Crippen LogP contribution in [0.4, 0.5) is 5.82 Å². The summed E-state index contributed by atoms with van der Waals surface area (Å²) in [5, 5.41) is 3.40. The van der Waals surface area contributed by atoms with Crippen LogP contribution >= 0.6 is 0 Å². The predicted molar refractivity (Wildman–Crippen MR) is 162 cm³/mol. The standard InChI is InChI=1S/C34H34N6O/c41-28(22-36-34-32(27-10-2-1-3-11-27)37-31-23-35-16-17-40(31)34)24-38-18-20-39(21-19-38)33-29-12-6-4-8-25(29)14-15-26-9-5-7-13-30(26)33/h1-13,16-17,23,33,36H,14-15,18-22,24H2. The number of fused-ring (bicyclic) bond motifs is 3. The van der Waals surface area contributed by atoms with Gasteiger partial charge in [0.15, 0.2) is 11.4 Å². The van der Waals surface area contributed by atoms with Crippen molar-refractivity contribution in [3.63, 3.8) is 0 Å². The monoisotopic (exact) mass is 542 g/mol. The lowest BCUT2D eigenvalue weighted by Gasteiger charge is -2.40. The number of anilines is 1. The minimum Gasteiger partial charge on any atom is -0.362 e. The third-order valence-electron chi connectivity index (χ3n) is 8.47. The second-order valence-electron chi connectivity index (χ2n) is 11.0. The Hall–Kier alpha value is -4.33. The summed E-state index contributed by atoms with van der Waals surface area (Å²) in [5.74, 6) is 0.990. The molecule has 0 amide bonds. The Morgan fingerprint density at radius 2 is 1.49 bits per heavy atom. The first kappa shape index (κ1) is 25.6. The zero-order valence-electron chi connectivity index (χ0n) is 23.1. The molecule has 0 unspecified atom stereocenters. The summed E-state index contributed by atoms with van der Waals surface area (Å²) in [5.41, 5.74) is 8.35. The first-order valence-electron chi connectivity index (χ1n) is 14.5. The molecule has 3 aromatic carbocycles. The fourth-order valence-corrected chi connectivity index (χ4v) is 6.43. The molecule has 0 bridgehead atoms. The SMILES string of the molecule is O=C(CNc1c(-c2ccccc2)nc2cnccn12)CN1CCN(C2c3ccccc3CCc3ccccc32)CC1. The van der Waals surface area contributed by atoms with E-state index >= 15 is 0 Å². The van der Waals surface area contributed by atoms with Crippen molar-refractivity contribution >= 4 is 17.2 Å². The molecule has 1 aliphatic heterocycles. The van der Waals surface area contributed by atoms with Crippen molar-refractivity contribution in [3.05, 3.63) is 120 Å². The van der Waals surface area contributed by atoms with Gasteiger partial charge >= 0.3 is 0 Å². The maximum Gasteiger partial charge on any atom is 0.165 e. The maximum absolute atomic E-state index is 13.2. The highest BCUT2D eigenvalue weighted by Gasteiger charge is 2.31. The van der Waals surface area contributed by atoms with Gasteiger partial charge in [-0.15, -0.1) is 0 Å². The van der Waals surface area contributed by atoms with Crippen molar-refractivity contribution in [2.75, 3.05) is 44.6 Å². The van der Waals surface area contributed by atoms with Crippen LogP contribution in [0.2, 0.25) is 0 Å². The molecule has 41 heavy (non-hydrogen) atoms. The fraction of sp³-hybridized carbons (Fsp3) is 0.265. The lowest BCUT2D eigenvalue weighted by atomic mass is 9.92. The van der Waals surface area contributed by atoms with Gasteiger partial charge in [0, 0.05) is 44.1 Å². The number of carbonyl (C=O) groups excluding carboxylic acids is 1. The van der Waals surface area contributed by atoms with E-state index in [4.69, 9.17) is 4.98 Å². The third kappa shape index (κ3) is 5.14. The molecule has 0 radical (unpaired) electrons. The molecular weight excluding hydrogens is 508 g/mol. The van der Waals surface area contributed by atoms with Crippen LogP contribution in [-0.4, -0.2) is 69.2 Å². The number of hydrogen-bond acceptors (Lipinski definition) is 6. The summed E-state index contributed by atoms with van der Waals surface area (Å²) in [6, 6.07) is 28.2. The second kappa shape index (κ2) is 11.3. The summed E-state index contributed by atoms with van der Waals surface area (Å²) < 4.78 is 1.96. The normalized spacial score (nSPS) is 16.2. The number of hydrogen-bond donors (Lipinski definition) is 1. The van der Waals surface area contributed by atoms with Crippen LogP contribution < -0.4 is 5.32 Å². The van der Waals surface area contributed by atoms with E-state index in [1.165, 1.54) is 22.3 Å². The number of nitrogens with one attached hydrogen (secondary N) is 1. The Balaban J connectivity index is 1.02. The highest BCUT2D eigenvalue weighted by molar-refractivity contribution is 5.86. The number of Topliss-reactive ketones (excluding diaryl/α,β-unsaturated/α-hetero) is 1. The molecule has 7 heteroatoms. The molecule has 1 aliphatic carbocycles. The number of carbonyl (C=O) groups is 1. The van der Waals surface area contributed by atoms with Gasteiger partial charge in [-0.2, -0.15) is 0 Å². The molecule has 1 saturated heterocycles. The van der Waals surface area contributed by atoms with Crippen molar-refractivity contribution in [3.8, 4) is 11.3 Å². The first-order chi connectivity index (χ1) is 20.2. The van der Waals surface area contributed by atoms with E-state index in [1.54, 1.807) is 12.4 Å². The highest BCUT2D eigenvalue weighted by Crippen LogP contribution is 2.37. The molecule has 0 saturated carbocycles. The van der Waals surface area contributed by atoms with Crippen LogP contribution in [-0.2, 0) is 17.6 Å². The molecule has 5 aromatic rings. The first-order valence-corrected chi connectivity index (χ1v) is 14.5. The van der Waals surface area contributed by atoms with Gasteiger partial charge in [-0.3, -0.25) is 24.0 Å². The van der Waals surface area contributed by atoms with E-state index in [9.17, 15) is 4.79 Å². The largest absolute Gasteiger partial charge is 0.362 e. The topological polar surface area (TPSA) is 65.8 Å². The number of nitrogens with zero attached hydrogens (tertiary/aromatic N) is 5. The van der Waals surface area contributed by atoms with Gasteiger partial charge in [-0.25, -0.2) is 4.98 Å². The van der Waals surface area contributed by atoms with Gasteiger partial charge in [-0.05, 0) is 35.1 Å². The van der Waals surface area contributed by atoms with Gasteiger partial charge in [0.25, 0.3) is 0 Å². The van der Waals surface area contributed by atoms with E-state index in [-0.39, 0.29) is 18.4 Å². The lowest BCUT2D eigenvalue weighted by Crippen LogP contribution is -2.49. The van der Waals surface area contributed by atoms with Crippen LogP contribution in [0.15, 0.2) is 97.5 Å². The molecule has 0 spiro atoms. The maximum atomic E-state index is 13.2. The van der Waals surface area contributed by atoms with Crippen molar-refractivity contribution in [2.45, 2.75) is 18.9 Å². The molecule has 0 atom stereocenters. The van der Waals surface area contributed by atoms with Crippen molar-refractivity contribution in [2.24, 2.45) is 0 Å². The van der Waals surface area contributed by atoms with E-state index in [0.717, 1.165) is 61.7 Å². The quantitative estimate of drug-likeness (QED) is 0.316. The van der Waals surface area contributed by atoms with Crippen LogP contribution in [0.1, 0.15) is 28.3 Å². The van der Waals surface area contributed by atoms with Crippen LogP contribution in [0.3, 0.4) is 0 Å². The average molecular weight is 543 g/mol. The van der Waals surface area contributed by atoms with Crippen LogP contribution in [0.25, 0.3) is 16.9 Å². The fourth-order valence-electron chi connectivity index (χ4n) is 6.43. The van der Waals surface area contributed by atoms with Gasteiger partial charge in [0.1, 0.15) is 11.5 Å². The van der Waals surface area contributed by atoms with Gasteiger partial charge < -0.3 is 5.32 Å². The number of piperazine rings is 1. The summed E-state index contributed by atoms with van der Waals surface area (Å²) in [6.45, 7) is 4.32. The van der Waals surface area contributed by atoms with Crippen LogP contribution in [0, 0.1) is 0 Å². The Morgan fingerprint density at radius 3 is 2.20 bits per heavy atom. The number of ketones is 1. The molecule has 206 valence electrons. The van der Waals surface area contributed by atoms with Crippen molar-refractivity contribution in [1.29, 1.82) is 0 Å². The van der Waals surface area contributed by atoms with E-state index in [1.807, 2.05) is 40.9 Å². The van der Waals surface area contributed by atoms with E-state index < -0.39 is 0 Å². The Morgan fingerprint density at radius 1 is 0.829 bits per heavy atom. The Kier molecular flexibility index (Phi) is 7.05. The molecule has 1 fully saturated rings. The van der Waals surface area contributed by atoms with Crippen molar-refractivity contribution < 1.29 is 4.79 Å². The number of rotatable bonds is 7. The molecule has 7 rings (SSSR count). The lowest BCUT2D eigenvalue weighted by molar-refractivity contribution is -0.119. The molecule has 1 N–H and O–H groups in total. The molecule has 3 heterocycles. The van der Waals surface area contributed by atoms with Gasteiger partial charge in [-0.1, -0.05) is 78.9 Å². The molecule has 2 aliphatic rings. The van der Waals surface area contributed by atoms with Gasteiger partial charge in [0.05, 0.1) is 25.3 Å². The summed E-state index contributed by atoms with van der Waals surface area (Å²) in [7, 11) is 0. The smallest absolute Gasteiger partial charge is 0.165 e.